The molecule has 1 atom stereocenters. The van der Waals surface area contributed by atoms with Crippen molar-refractivity contribution < 1.29 is 14.8 Å². The highest BCUT2D eigenvalue weighted by Gasteiger charge is 2.27. The van der Waals surface area contributed by atoms with Crippen LogP contribution in [-0.2, 0) is 9.59 Å². The van der Waals surface area contributed by atoms with Crippen molar-refractivity contribution in [1.29, 1.82) is 0 Å². The number of para-hydroxylation sites is 1. The first-order chi connectivity index (χ1) is 13.1. The summed E-state index contributed by atoms with van der Waals surface area (Å²) in [6.07, 6.45) is 5.38. The lowest BCUT2D eigenvalue weighted by molar-refractivity contribution is -0.154. The summed E-state index contributed by atoms with van der Waals surface area (Å²) in [6, 6.07) is 5.62. The van der Waals surface area contributed by atoms with E-state index >= 15 is 0 Å². The molecule has 3 N–H and O–H groups in total. The number of aromatic nitrogens is 3. The maximum absolute atomic E-state index is 12.6. The van der Waals surface area contributed by atoms with Crippen molar-refractivity contribution in [3.05, 3.63) is 23.8 Å². The average Bonchev–Trinajstić information content (AvgIpc) is 3.19. The highest BCUT2D eigenvalue weighted by Crippen LogP contribution is 2.30. The van der Waals surface area contributed by atoms with Gasteiger partial charge in [0.2, 0.25) is 12.3 Å². The fourth-order valence-corrected chi connectivity index (χ4v) is 3.55. The van der Waals surface area contributed by atoms with Gasteiger partial charge in [-0.25, -0.2) is 10.0 Å². The quantitative estimate of drug-likeness (QED) is 0.367. The van der Waals surface area contributed by atoms with Crippen LogP contribution in [-0.4, -0.2) is 44.3 Å². The van der Waals surface area contributed by atoms with Gasteiger partial charge in [0.05, 0.1) is 18.0 Å². The van der Waals surface area contributed by atoms with Crippen LogP contribution in [0.25, 0.3) is 11.0 Å². The van der Waals surface area contributed by atoms with E-state index in [-0.39, 0.29) is 18.4 Å². The lowest BCUT2D eigenvalue weighted by Crippen LogP contribution is -2.41. The van der Waals surface area contributed by atoms with Crippen molar-refractivity contribution in [3.63, 3.8) is 0 Å². The second-order valence-electron chi connectivity index (χ2n) is 7.00. The summed E-state index contributed by atoms with van der Waals surface area (Å²) < 4.78 is 0. The fourth-order valence-electron chi connectivity index (χ4n) is 3.55. The summed E-state index contributed by atoms with van der Waals surface area (Å²) in [7, 11) is 0. The Kier molecular flexibility index (Phi) is 6.12. The Morgan fingerprint density at radius 2 is 2.15 bits per heavy atom. The van der Waals surface area contributed by atoms with Crippen LogP contribution in [0.1, 0.15) is 37.7 Å². The first-order valence-electron chi connectivity index (χ1n) is 9.13. The Labute approximate surface area is 157 Å². The fraction of sp³-hybridized carbons (Fsp3) is 0.500. The number of hydrazine groups is 1. The summed E-state index contributed by atoms with van der Waals surface area (Å²) in [5.41, 5.74) is 7.60. The second-order valence-corrected chi connectivity index (χ2v) is 7.00. The number of anilines is 1. The number of hydrogen-bond donors (Lipinski definition) is 3. The van der Waals surface area contributed by atoms with E-state index in [1.807, 2.05) is 25.1 Å². The lowest BCUT2D eigenvalue weighted by atomic mass is 9.92. The predicted octanol–water partition coefficient (Wildman–Crippen LogP) is 1.82. The third kappa shape index (κ3) is 4.88. The molecule has 1 heterocycles. The smallest absolute Gasteiger partial charge is 0.262 e. The lowest BCUT2D eigenvalue weighted by Gasteiger charge is -2.22. The van der Waals surface area contributed by atoms with Crippen molar-refractivity contribution in [2.24, 2.45) is 11.8 Å². The van der Waals surface area contributed by atoms with Crippen LogP contribution in [0.2, 0.25) is 0 Å². The number of hydroxylamine groups is 2. The molecule has 0 spiro atoms. The Morgan fingerprint density at radius 1 is 1.37 bits per heavy atom. The van der Waals surface area contributed by atoms with Crippen LogP contribution in [0, 0.1) is 18.8 Å². The molecule has 0 radical (unpaired) electrons. The Balaban J connectivity index is 1.65. The van der Waals surface area contributed by atoms with Crippen LogP contribution in [0.5, 0.6) is 0 Å². The third-order valence-corrected chi connectivity index (χ3v) is 4.98. The number of rotatable bonds is 8. The monoisotopic (exact) mass is 372 g/mol. The van der Waals surface area contributed by atoms with Crippen LogP contribution >= 0.6 is 0 Å². The van der Waals surface area contributed by atoms with Gasteiger partial charge in [-0.15, -0.1) is 10.2 Å². The van der Waals surface area contributed by atoms with Crippen LogP contribution in [0.3, 0.4) is 0 Å². The Morgan fingerprint density at radius 3 is 2.89 bits per heavy atom. The van der Waals surface area contributed by atoms with Crippen molar-refractivity contribution in [1.82, 2.24) is 25.7 Å². The molecule has 0 saturated heterocycles. The summed E-state index contributed by atoms with van der Waals surface area (Å²) in [5, 5.41) is 18.1. The van der Waals surface area contributed by atoms with Crippen molar-refractivity contribution >= 4 is 29.3 Å². The zero-order valence-corrected chi connectivity index (χ0v) is 15.3. The summed E-state index contributed by atoms with van der Waals surface area (Å²) in [5.74, 6) is -0.231. The number of carbonyl (C=O) groups is 2. The molecule has 1 aliphatic rings. The highest BCUT2D eigenvalue weighted by molar-refractivity contribution is 5.81. The van der Waals surface area contributed by atoms with Crippen molar-refractivity contribution in [2.75, 3.05) is 12.0 Å². The maximum atomic E-state index is 12.6. The van der Waals surface area contributed by atoms with Gasteiger partial charge in [0.15, 0.2) is 0 Å². The normalized spacial score (nSPS) is 15.5. The number of nitrogens with zero attached hydrogens (tertiary/aromatic N) is 4. The van der Waals surface area contributed by atoms with E-state index in [4.69, 9.17) is 0 Å². The van der Waals surface area contributed by atoms with Gasteiger partial charge < -0.3 is 0 Å². The minimum absolute atomic E-state index is 0.0521. The number of aryl methyl sites for hydroxylation is 1. The van der Waals surface area contributed by atoms with Gasteiger partial charge in [-0.1, -0.05) is 37.8 Å². The summed E-state index contributed by atoms with van der Waals surface area (Å²) in [4.78, 5) is 27.7. The zero-order chi connectivity index (χ0) is 19.2. The van der Waals surface area contributed by atoms with E-state index in [1.54, 1.807) is 0 Å². The number of fused-ring (bicyclic) bond motifs is 1. The van der Waals surface area contributed by atoms with E-state index < -0.39 is 5.92 Å². The van der Waals surface area contributed by atoms with Crippen LogP contribution < -0.4 is 10.9 Å². The third-order valence-electron chi connectivity index (χ3n) is 4.98. The molecule has 0 bridgehead atoms. The van der Waals surface area contributed by atoms with Crippen LogP contribution in [0.4, 0.5) is 5.95 Å². The minimum Gasteiger partial charge on any atom is -0.286 e. The zero-order valence-electron chi connectivity index (χ0n) is 15.3. The number of nitrogens with one attached hydrogen (secondary N) is 2. The van der Waals surface area contributed by atoms with Gasteiger partial charge in [-0.3, -0.25) is 25.6 Å². The van der Waals surface area contributed by atoms with E-state index in [1.165, 1.54) is 0 Å². The Bertz CT molecular complexity index is 809. The molecular formula is C18H24N6O3. The van der Waals surface area contributed by atoms with E-state index in [0.717, 1.165) is 31.2 Å². The molecule has 9 nitrogen and oxygen atoms in total. The first kappa shape index (κ1) is 19.0. The molecule has 1 aliphatic carbocycles. The minimum atomic E-state index is -0.522. The largest absolute Gasteiger partial charge is 0.286 e. The Hall–Kier alpha value is -2.81. The number of benzene rings is 1. The standard InChI is InChI=1S/C18H24N6O3/c1-12-5-4-8-15-16(12)19-18(22-20-15)23-21-17(26)14(10-24(27)11-25)9-13-6-2-3-7-13/h4-5,8,11,13-14,27H,2-3,6-7,9-10H2,1H3,(H,21,26)(H,19,22,23). The molecule has 1 aromatic heterocycles. The van der Waals surface area contributed by atoms with E-state index in [9.17, 15) is 14.8 Å². The van der Waals surface area contributed by atoms with Gasteiger partial charge in [0, 0.05) is 0 Å². The topological polar surface area (TPSA) is 120 Å². The molecule has 1 aromatic carbocycles. The van der Waals surface area contributed by atoms with E-state index in [0.29, 0.717) is 34.8 Å². The molecule has 144 valence electrons. The molecule has 1 saturated carbocycles. The van der Waals surface area contributed by atoms with Gasteiger partial charge in [-0.2, -0.15) is 0 Å². The highest BCUT2D eigenvalue weighted by atomic mass is 16.5. The molecule has 1 fully saturated rings. The molecule has 1 unspecified atom stereocenters. The summed E-state index contributed by atoms with van der Waals surface area (Å²) >= 11 is 0. The molecular weight excluding hydrogens is 348 g/mol. The molecule has 2 amide bonds. The van der Waals surface area contributed by atoms with Crippen molar-refractivity contribution in [3.8, 4) is 0 Å². The number of carbonyl (C=O) groups excluding carboxylic acids is 2. The maximum Gasteiger partial charge on any atom is 0.262 e. The van der Waals surface area contributed by atoms with Crippen LogP contribution in [0.15, 0.2) is 18.2 Å². The molecule has 0 aliphatic heterocycles. The number of hydrogen-bond acceptors (Lipinski definition) is 7. The second kappa shape index (κ2) is 8.72. The van der Waals surface area contributed by atoms with E-state index in [2.05, 4.69) is 26.0 Å². The van der Waals surface area contributed by atoms with Crippen molar-refractivity contribution in [2.45, 2.75) is 39.0 Å². The predicted molar refractivity (Wildman–Crippen MR) is 98.5 cm³/mol. The van der Waals surface area contributed by atoms with Gasteiger partial charge in [-0.05, 0) is 30.9 Å². The van der Waals surface area contributed by atoms with Gasteiger partial charge >= 0.3 is 0 Å². The molecule has 2 aromatic rings. The molecule has 9 heteroatoms. The van der Waals surface area contributed by atoms with Gasteiger partial charge in [0.1, 0.15) is 5.52 Å². The SMILES string of the molecule is Cc1cccc2nnc(NNC(=O)C(CC3CCCC3)CN(O)C=O)nc12. The first-order valence-corrected chi connectivity index (χ1v) is 9.13. The molecule has 3 rings (SSSR count). The number of amides is 2. The average molecular weight is 372 g/mol. The molecule has 27 heavy (non-hydrogen) atoms. The summed E-state index contributed by atoms with van der Waals surface area (Å²) in [6.45, 7) is 1.87. The van der Waals surface area contributed by atoms with Gasteiger partial charge in [0.25, 0.3) is 5.95 Å².